The van der Waals surface area contributed by atoms with Gasteiger partial charge in [0.25, 0.3) is 5.91 Å². The summed E-state index contributed by atoms with van der Waals surface area (Å²) < 4.78 is 11.6. The molecule has 10 heteroatoms. The molecule has 3 aromatic rings. The van der Waals surface area contributed by atoms with Gasteiger partial charge in [-0.3, -0.25) is 10.1 Å². The average Bonchev–Trinajstić information content (AvgIpc) is 3.36. The Bertz CT molecular complexity index is 1350. The van der Waals surface area contributed by atoms with E-state index in [1.165, 1.54) is 36.5 Å². The minimum Gasteiger partial charge on any atom is -0.496 e. The second-order valence-electron chi connectivity index (χ2n) is 9.46. The molecule has 0 aliphatic rings. The van der Waals surface area contributed by atoms with Crippen molar-refractivity contribution >= 4 is 57.6 Å². The third kappa shape index (κ3) is 7.82. The number of rotatable bonds is 12. The van der Waals surface area contributed by atoms with Crippen LogP contribution in [0.4, 0.5) is 5.13 Å². The number of aromatic nitrogens is 1. The minimum absolute atomic E-state index is 0.0678. The first kappa shape index (κ1) is 30.6. The zero-order chi connectivity index (χ0) is 28.7. The minimum atomic E-state index is -1.09. The number of anilines is 1. The van der Waals surface area contributed by atoms with Gasteiger partial charge >= 0.3 is 5.97 Å². The largest absolute Gasteiger partial charge is 0.496 e. The molecule has 0 aliphatic heterocycles. The lowest BCUT2D eigenvalue weighted by Gasteiger charge is -2.20. The van der Waals surface area contributed by atoms with Crippen LogP contribution in [0, 0.1) is 5.92 Å². The molecular weight excluding hydrogens is 559 g/mol. The van der Waals surface area contributed by atoms with E-state index < -0.39 is 11.9 Å². The zero-order valence-electron chi connectivity index (χ0n) is 22.5. The smallest absolute Gasteiger partial charge is 0.331 e. The van der Waals surface area contributed by atoms with E-state index in [9.17, 15) is 9.59 Å². The predicted octanol–water partition coefficient (Wildman–Crippen LogP) is 8.38. The summed E-state index contributed by atoms with van der Waals surface area (Å²) in [6, 6.07) is 8.76. The van der Waals surface area contributed by atoms with Crippen molar-refractivity contribution in [1.29, 1.82) is 0 Å². The predicted molar refractivity (Wildman–Crippen MR) is 158 cm³/mol. The second kappa shape index (κ2) is 13.9. The first-order valence-electron chi connectivity index (χ1n) is 12.4. The number of para-hydroxylation sites is 1. The van der Waals surface area contributed by atoms with Gasteiger partial charge in [0.05, 0.1) is 29.0 Å². The molecule has 0 spiro atoms. The maximum absolute atomic E-state index is 12.9. The van der Waals surface area contributed by atoms with Crippen LogP contribution in [0.15, 0.2) is 41.3 Å². The monoisotopic (exact) mass is 590 g/mol. The van der Waals surface area contributed by atoms with Crippen molar-refractivity contribution in [2.75, 3.05) is 19.5 Å². The van der Waals surface area contributed by atoms with Crippen molar-refractivity contribution < 1.29 is 24.2 Å². The van der Waals surface area contributed by atoms with Crippen LogP contribution >= 0.6 is 34.5 Å². The van der Waals surface area contributed by atoms with Crippen LogP contribution in [0.3, 0.4) is 0 Å². The maximum Gasteiger partial charge on any atom is 0.331 e. The van der Waals surface area contributed by atoms with Gasteiger partial charge in [-0.2, -0.15) is 0 Å². The molecule has 0 unspecified atom stereocenters. The molecule has 1 heterocycles. The molecule has 1 atom stereocenters. The van der Waals surface area contributed by atoms with Crippen LogP contribution in [0.5, 0.6) is 5.75 Å². The fraction of sp³-hybridized carbons (Fsp3) is 0.345. The van der Waals surface area contributed by atoms with Crippen molar-refractivity contribution in [1.82, 2.24) is 4.98 Å². The first-order chi connectivity index (χ1) is 18.5. The third-order valence-corrected chi connectivity index (χ3v) is 7.55. The molecule has 0 radical (unpaired) electrons. The topological polar surface area (TPSA) is 97.8 Å². The highest BCUT2D eigenvalue weighted by atomic mass is 35.5. The van der Waals surface area contributed by atoms with E-state index in [-0.39, 0.29) is 27.3 Å². The van der Waals surface area contributed by atoms with E-state index in [0.29, 0.717) is 28.1 Å². The molecule has 2 N–H and O–H groups in total. The molecule has 1 amide bonds. The summed E-state index contributed by atoms with van der Waals surface area (Å²) in [5.74, 6) is -0.219. The molecule has 7 nitrogen and oxygen atoms in total. The number of thiazole rings is 1. The highest BCUT2D eigenvalue weighted by Crippen LogP contribution is 2.40. The van der Waals surface area contributed by atoms with Gasteiger partial charge < -0.3 is 14.6 Å². The van der Waals surface area contributed by atoms with Crippen molar-refractivity contribution in [2.24, 2.45) is 5.92 Å². The van der Waals surface area contributed by atoms with Gasteiger partial charge in [0.1, 0.15) is 5.75 Å². The summed E-state index contributed by atoms with van der Waals surface area (Å²) in [5, 5.41) is 14.5. The van der Waals surface area contributed by atoms with E-state index >= 15 is 0 Å². The Balaban J connectivity index is 1.83. The van der Waals surface area contributed by atoms with E-state index in [2.05, 4.69) is 24.1 Å². The molecule has 0 saturated carbocycles. The van der Waals surface area contributed by atoms with Crippen LogP contribution in [-0.4, -0.2) is 36.2 Å². The molecule has 0 saturated heterocycles. The number of hydrogen-bond acceptors (Lipinski definition) is 6. The van der Waals surface area contributed by atoms with Crippen LogP contribution in [0.25, 0.3) is 17.3 Å². The number of ether oxygens (including phenoxy) is 2. The standard InChI is InChI=1S/C29H32Cl2N2O5S/c1-16(2)8-6-11-25(37-4)20-10-7-9-19(26(20)38-5)24-15-39-29(32-24)33-27(34)18-13-22(30)21(23(31)14-18)12-17(3)28(35)36/h7,9-10,12-16,25H,6,8,11H2,1-5H3,(H,35,36)(H,32,33,34)/t25-/m0/s1. The van der Waals surface area contributed by atoms with Crippen molar-refractivity contribution in [3.8, 4) is 17.0 Å². The number of methoxy groups -OCH3 is 2. The zero-order valence-corrected chi connectivity index (χ0v) is 24.8. The number of benzene rings is 2. The van der Waals surface area contributed by atoms with E-state index in [4.69, 9.17) is 37.8 Å². The van der Waals surface area contributed by atoms with Crippen molar-refractivity contribution in [3.05, 3.63) is 68.0 Å². The van der Waals surface area contributed by atoms with Crippen LogP contribution in [0.1, 0.15) is 67.6 Å². The number of nitrogens with zero attached hydrogens (tertiary/aromatic N) is 1. The normalized spacial score (nSPS) is 12.5. The van der Waals surface area contributed by atoms with E-state index in [0.717, 1.165) is 30.4 Å². The van der Waals surface area contributed by atoms with Crippen LogP contribution in [-0.2, 0) is 9.53 Å². The molecule has 208 valence electrons. The number of carbonyl (C=O) groups excluding carboxylic acids is 1. The molecule has 39 heavy (non-hydrogen) atoms. The number of carboxylic acid groups (broad SMARTS) is 1. The van der Waals surface area contributed by atoms with Gasteiger partial charge in [-0.1, -0.05) is 62.0 Å². The van der Waals surface area contributed by atoms with Gasteiger partial charge in [0.2, 0.25) is 0 Å². The summed E-state index contributed by atoms with van der Waals surface area (Å²) in [6.45, 7) is 5.85. The Morgan fingerprint density at radius 3 is 2.44 bits per heavy atom. The summed E-state index contributed by atoms with van der Waals surface area (Å²) in [6.07, 6.45) is 4.29. The lowest BCUT2D eigenvalue weighted by Crippen LogP contribution is -2.12. The highest BCUT2D eigenvalue weighted by Gasteiger charge is 2.21. The van der Waals surface area contributed by atoms with Gasteiger partial charge in [-0.15, -0.1) is 11.3 Å². The number of amides is 1. The number of nitrogens with one attached hydrogen (secondary N) is 1. The Morgan fingerprint density at radius 1 is 1.15 bits per heavy atom. The summed E-state index contributed by atoms with van der Waals surface area (Å²) in [4.78, 5) is 28.7. The molecule has 0 aliphatic carbocycles. The maximum atomic E-state index is 12.9. The van der Waals surface area contributed by atoms with Crippen molar-refractivity contribution in [3.63, 3.8) is 0 Å². The van der Waals surface area contributed by atoms with Crippen molar-refractivity contribution in [2.45, 2.75) is 46.1 Å². The number of halogens is 2. The van der Waals surface area contributed by atoms with Crippen LogP contribution in [0.2, 0.25) is 10.0 Å². The van der Waals surface area contributed by atoms with Gasteiger partial charge in [-0.05, 0) is 43.5 Å². The molecule has 1 aromatic heterocycles. The van der Waals surface area contributed by atoms with E-state index in [1.54, 1.807) is 14.2 Å². The lowest BCUT2D eigenvalue weighted by molar-refractivity contribution is -0.132. The Labute approximate surface area is 242 Å². The molecule has 0 bridgehead atoms. The number of aliphatic carboxylic acids is 1. The van der Waals surface area contributed by atoms with E-state index in [1.807, 2.05) is 23.6 Å². The van der Waals surface area contributed by atoms with Gasteiger partial charge in [-0.25, -0.2) is 9.78 Å². The fourth-order valence-electron chi connectivity index (χ4n) is 4.11. The molecule has 3 rings (SSSR count). The Morgan fingerprint density at radius 2 is 1.85 bits per heavy atom. The quantitative estimate of drug-likeness (QED) is 0.205. The number of carbonyl (C=O) groups is 2. The number of carboxylic acids is 1. The lowest BCUT2D eigenvalue weighted by atomic mass is 9.97. The Hall–Kier alpha value is -2.91. The molecule has 0 fully saturated rings. The number of hydrogen-bond donors (Lipinski definition) is 2. The van der Waals surface area contributed by atoms with Gasteiger partial charge in [0, 0.05) is 40.3 Å². The summed E-state index contributed by atoms with van der Waals surface area (Å²) >= 11 is 13.9. The van der Waals surface area contributed by atoms with Crippen LogP contribution < -0.4 is 10.1 Å². The molecular formula is C29H32Cl2N2O5S. The highest BCUT2D eigenvalue weighted by molar-refractivity contribution is 7.14. The molecule has 2 aromatic carbocycles. The summed E-state index contributed by atoms with van der Waals surface area (Å²) in [7, 11) is 3.33. The first-order valence-corrected chi connectivity index (χ1v) is 14.1. The average molecular weight is 592 g/mol. The second-order valence-corrected chi connectivity index (χ2v) is 11.1. The third-order valence-electron chi connectivity index (χ3n) is 6.17. The summed E-state index contributed by atoms with van der Waals surface area (Å²) in [5.41, 5.74) is 3.03. The van der Waals surface area contributed by atoms with Gasteiger partial charge in [0.15, 0.2) is 5.13 Å². The fourth-order valence-corrected chi connectivity index (χ4v) is 5.41. The SMILES string of the molecule is COc1c(-c2csc(NC(=O)c3cc(Cl)c(C=C(C)C(=O)O)c(Cl)c3)n2)cccc1[C@H](CCCC(C)C)OC. The Kier molecular flexibility index (Phi) is 10.9.